The first-order valence-electron chi connectivity index (χ1n) is 5.34. The Balaban J connectivity index is 3.94. The number of rotatable bonds is 3. The molecular weight excluding hydrogens is 308 g/mol. The van der Waals surface area contributed by atoms with E-state index in [1.54, 1.807) is 0 Å². The lowest BCUT2D eigenvalue weighted by atomic mass is 9.98. The summed E-state index contributed by atoms with van der Waals surface area (Å²) < 4.78 is 13.3. The number of carbonyl (C=O) groups excluding carboxylic acids is 3. The molecule has 114 valence electrons. The lowest BCUT2D eigenvalue weighted by Crippen LogP contribution is -2.19. The molecule has 0 bridgehead atoms. The number of ether oxygens (including phenoxy) is 3. The lowest BCUT2D eigenvalue weighted by Gasteiger charge is -2.15. The quantitative estimate of drug-likeness (QED) is 0.483. The number of halogens is 1. The largest absolute Gasteiger partial charge is 0.504 e. The van der Waals surface area contributed by atoms with Gasteiger partial charge in [-0.1, -0.05) is 11.6 Å². The predicted molar refractivity (Wildman–Crippen MR) is 68.8 cm³/mol. The molecule has 0 spiro atoms. The van der Waals surface area contributed by atoms with Crippen LogP contribution in [0.4, 0.5) is 0 Å². The molecule has 1 aromatic rings. The molecule has 8 nitrogen and oxygen atoms in total. The Morgan fingerprint density at radius 2 is 1.14 bits per heavy atom. The van der Waals surface area contributed by atoms with E-state index in [9.17, 15) is 24.6 Å². The van der Waals surface area contributed by atoms with Crippen molar-refractivity contribution < 1.29 is 38.8 Å². The molecule has 0 saturated heterocycles. The number of carbonyl (C=O) groups is 3. The van der Waals surface area contributed by atoms with Crippen LogP contribution >= 0.6 is 11.6 Å². The molecule has 1 aromatic carbocycles. The summed E-state index contributed by atoms with van der Waals surface area (Å²) in [7, 11) is 2.97. The molecule has 0 aliphatic rings. The molecule has 0 heterocycles. The molecule has 21 heavy (non-hydrogen) atoms. The van der Waals surface area contributed by atoms with Crippen molar-refractivity contribution in [3.8, 4) is 11.5 Å². The van der Waals surface area contributed by atoms with Gasteiger partial charge in [0.15, 0.2) is 11.5 Å². The first kappa shape index (κ1) is 16.6. The van der Waals surface area contributed by atoms with Gasteiger partial charge >= 0.3 is 17.9 Å². The van der Waals surface area contributed by atoms with Crippen molar-refractivity contribution in [2.24, 2.45) is 0 Å². The van der Waals surface area contributed by atoms with E-state index < -0.39 is 51.1 Å². The Morgan fingerprint density at radius 1 is 0.762 bits per heavy atom. The van der Waals surface area contributed by atoms with Crippen molar-refractivity contribution in [2.45, 2.75) is 0 Å². The van der Waals surface area contributed by atoms with Crippen molar-refractivity contribution in [1.82, 2.24) is 0 Å². The number of hydrogen-bond donors (Lipinski definition) is 2. The van der Waals surface area contributed by atoms with Gasteiger partial charge in [-0.25, -0.2) is 14.4 Å². The van der Waals surface area contributed by atoms with E-state index in [0.717, 1.165) is 21.3 Å². The maximum absolute atomic E-state index is 11.8. The zero-order valence-electron chi connectivity index (χ0n) is 11.2. The lowest BCUT2D eigenvalue weighted by molar-refractivity contribution is 0.0532. The molecule has 0 radical (unpaired) electrons. The van der Waals surface area contributed by atoms with Crippen molar-refractivity contribution in [3.05, 3.63) is 21.7 Å². The van der Waals surface area contributed by atoms with Gasteiger partial charge in [0.1, 0.15) is 10.6 Å². The summed E-state index contributed by atoms with van der Waals surface area (Å²) in [4.78, 5) is 35.3. The SMILES string of the molecule is COC(=O)c1c(O)c(O)c(Cl)c(C(=O)OC)c1C(=O)OC. The highest BCUT2D eigenvalue weighted by Crippen LogP contribution is 2.42. The molecule has 9 heteroatoms. The number of esters is 3. The van der Waals surface area contributed by atoms with Crippen LogP contribution in [0, 0.1) is 0 Å². The van der Waals surface area contributed by atoms with Gasteiger partial charge in [-0.15, -0.1) is 0 Å². The number of methoxy groups -OCH3 is 3. The van der Waals surface area contributed by atoms with Gasteiger partial charge in [-0.3, -0.25) is 0 Å². The molecule has 0 saturated carbocycles. The Bertz CT molecular complexity index is 579. The number of benzene rings is 1. The average molecular weight is 319 g/mol. The van der Waals surface area contributed by atoms with Gasteiger partial charge < -0.3 is 24.4 Å². The van der Waals surface area contributed by atoms with Gasteiger partial charge in [0.25, 0.3) is 0 Å². The van der Waals surface area contributed by atoms with E-state index in [2.05, 4.69) is 14.2 Å². The molecule has 2 N–H and O–H groups in total. The second-order valence-corrected chi connectivity index (χ2v) is 3.99. The minimum Gasteiger partial charge on any atom is -0.504 e. The molecule has 0 atom stereocenters. The maximum Gasteiger partial charge on any atom is 0.342 e. The fourth-order valence-corrected chi connectivity index (χ4v) is 1.86. The Kier molecular flexibility index (Phi) is 4.98. The monoisotopic (exact) mass is 318 g/mol. The molecule has 0 unspecified atom stereocenters. The highest BCUT2D eigenvalue weighted by molar-refractivity contribution is 6.37. The van der Waals surface area contributed by atoms with Crippen molar-refractivity contribution >= 4 is 29.5 Å². The number of aromatic hydroxyl groups is 2. The summed E-state index contributed by atoms with van der Waals surface area (Å²) in [5.41, 5.74) is -2.05. The Morgan fingerprint density at radius 3 is 1.57 bits per heavy atom. The standard InChI is InChI=1S/C12H11ClO8/c1-19-10(16)4-5(11(17)20-2)7(13)9(15)8(14)6(4)12(18)21-3/h14-15H,1-3H3. The zero-order valence-corrected chi connectivity index (χ0v) is 12.0. The molecule has 0 aliphatic carbocycles. The third-order valence-electron chi connectivity index (χ3n) is 2.56. The fraction of sp³-hybridized carbons (Fsp3) is 0.250. The Hall–Kier alpha value is -2.48. The number of phenols is 2. The van der Waals surface area contributed by atoms with Crippen LogP contribution in [0.25, 0.3) is 0 Å². The Labute approximate surface area is 123 Å². The third kappa shape index (κ3) is 2.70. The van der Waals surface area contributed by atoms with Crippen molar-refractivity contribution in [2.75, 3.05) is 21.3 Å². The summed E-state index contributed by atoms with van der Waals surface area (Å²) in [5, 5.41) is 18.8. The van der Waals surface area contributed by atoms with Crippen LogP contribution in [0.15, 0.2) is 0 Å². The van der Waals surface area contributed by atoms with Crippen LogP contribution in [-0.4, -0.2) is 49.5 Å². The number of hydrogen-bond acceptors (Lipinski definition) is 8. The molecule has 0 aliphatic heterocycles. The van der Waals surface area contributed by atoms with Gasteiger partial charge in [0.2, 0.25) is 0 Å². The summed E-state index contributed by atoms with van der Waals surface area (Å²) in [5.74, 6) is -5.41. The van der Waals surface area contributed by atoms with Crippen LogP contribution < -0.4 is 0 Å². The van der Waals surface area contributed by atoms with Crippen LogP contribution in [-0.2, 0) is 14.2 Å². The van der Waals surface area contributed by atoms with E-state index in [0.29, 0.717) is 0 Å². The zero-order chi connectivity index (χ0) is 16.3. The molecule has 0 amide bonds. The molecular formula is C12H11ClO8. The van der Waals surface area contributed by atoms with Crippen LogP contribution in [0.1, 0.15) is 31.1 Å². The van der Waals surface area contributed by atoms with Crippen LogP contribution in [0.3, 0.4) is 0 Å². The summed E-state index contributed by atoms with van der Waals surface area (Å²) in [6, 6.07) is 0. The van der Waals surface area contributed by atoms with Gasteiger partial charge in [0.05, 0.1) is 32.5 Å². The predicted octanol–water partition coefficient (Wildman–Crippen LogP) is 1.11. The first-order valence-corrected chi connectivity index (χ1v) is 5.71. The topological polar surface area (TPSA) is 119 Å². The minimum absolute atomic E-state index is 0.623. The number of phenolic OH excluding ortho intramolecular Hbond substituents is 2. The second-order valence-electron chi connectivity index (χ2n) is 3.61. The normalized spacial score (nSPS) is 9.90. The highest BCUT2D eigenvalue weighted by atomic mass is 35.5. The smallest absolute Gasteiger partial charge is 0.342 e. The van der Waals surface area contributed by atoms with E-state index >= 15 is 0 Å². The first-order chi connectivity index (χ1) is 9.81. The summed E-state index contributed by atoms with van der Waals surface area (Å²) in [6.07, 6.45) is 0. The average Bonchev–Trinajstić information content (AvgIpc) is 2.49. The summed E-state index contributed by atoms with van der Waals surface area (Å²) >= 11 is 5.73. The van der Waals surface area contributed by atoms with E-state index in [1.165, 1.54) is 0 Å². The third-order valence-corrected chi connectivity index (χ3v) is 2.93. The van der Waals surface area contributed by atoms with Crippen LogP contribution in [0.2, 0.25) is 5.02 Å². The van der Waals surface area contributed by atoms with E-state index in [1.807, 2.05) is 0 Å². The van der Waals surface area contributed by atoms with Gasteiger partial charge in [0, 0.05) is 0 Å². The van der Waals surface area contributed by atoms with Gasteiger partial charge in [-0.05, 0) is 0 Å². The minimum atomic E-state index is -1.18. The molecule has 0 aromatic heterocycles. The molecule has 1 rings (SSSR count). The highest BCUT2D eigenvalue weighted by Gasteiger charge is 2.35. The maximum atomic E-state index is 11.8. The van der Waals surface area contributed by atoms with Crippen LogP contribution in [0.5, 0.6) is 11.5 Å². The van der Waals surface area contributed by atoms with E-state index in [4.69, 9.17) is 11.6 Å². The van der Waals surface area contributed by atoms with E-state index in [-0.39, 0.29) is 0 Å². The van der Waals surface area contributed by atoms with Crippen molar-refractivity contribution in [1.29, 1.82) is 0 Å². The second kappa shape index (κ2) is 6.31. The molecule has 0 fully saturated rings. The van der Waals surface area contributed by atoms with Gasteiger partial charge in [-0.2, -0.15) is 0 Å². The summed E-state index contributed by atoms with van der Waals surface area (Å²) in [6.45, 7) is 0. The van der Waals surface area contributed by atoms with Crippen molar-refractivity contribution in [3.63, 3.8) is 0 Å². The fourth-order valence-electron chi connectivity index (χ4n) is 1.59.